The number of rotatable bonds is 3. The molecule has 0 aliphatic carbocycles. The van der Waals surface area contributed by atoms with Crippen molar-refractivity contribution in [3.05, 3.63) is 40.0 Å². The van der Waals surface area contributed by atoms with Gasteiger partial charge in [0.05, 0.1) is 17.4 Å². The number of aryl methyl sites for hydroxylation is 1. The van der Waals surface area contributed by atoms with Crippen molar-refractivity contribution in [2.75, 3.05) is 5.84 Å². The summed E-state index contributed by atoms with van der Waals surface area (Å²) in [5, 5.41) is 12.2. The Morgan fingerprint density at radius 2 is 2.24 bits per heavy atom. The van der Waals surface area contributed by atoms with Crippen LogP contribution in [0.4, 0.5) is 0 Å². The molecule has 0 saturated carbocycles. The summed E-state index contributed by atoms with van der Waals surface area (Å²) in [7, 11) is 1.52. The number of nitrogens with zero attached hydrogens (tertiary/aromatic N) is 5. The molecule has 8 nitrogen and oxygen atoms in total. The molecular formula is C11H9ClN6O2S. The van der Waals surface area contributed by atoms with Gasteiger partial charge in [-0.2, -0.15) is 5.10 Å². The van der Waals surface area contributed by atoms with E-state index in [1.54, 1.807) is 12.1 Å². The largest absolute Gasteiger partial charge is 0.461 e. The fraction of sp³-hybridized carbons (Fsp3) is 0.0909. The van der Waals surface area contributed by atoms with Gasteiger partial charge < -0.3 is 10.3 Å². The summed E-state index contributed by atoms with van der Waals surface area (Å²) in [6, 6.07) is 3.44. The van der Waals surface area contributed by atoms with Crippen molar-refractivity contribution in [2.45, 2.75) is 10.1 Å². The van der Waals surface area contributed by atoms with Gasteiger partial charge in [0.1, 0.15) is 5.02 Å². The highest BCUT2D eigenvalue weighted by atomic mass is 35.5. The van der Waals surface area contributed by atoms with Crippen LogP contribution in [-0.4, -0.2) is 24.7 Å². The van der Waals surface area contributed by atoms with Crippen LogP contribution in [0.2, 0.25) is 5.02 Å². The van der Waals surface area contributed by atoms with Gasteiger partial charge in [0.15, 0.2) is 5.76 Å². The summed E-state index contributed by atoms with van der Waals surface area (Å²) in [4.78, 5) is 12.2. The fourth-order valence-electron chi connectivity index (χ4n) is 1.59. The molecule has 21 heavy (non-hydrogen) atoms. The predicted octanol–water partition coefficient (Wildman–Crippen LogP) is 1.15. The smallest absolute Gasteiger partial charge is 0.286 e. The van der Waals surface area contributed by atoms with Gasteiger partial charge in [-0.1, -0.05) is 11.6 Å². The lowest BCUT2D eigenvalue weighted by atomic mass is 10.4. The molecule has 3 heterocycles. The van der Waals surface area contributed by atoms with Gasteiger partial charge in [-0.25, -0.2) is 9.36 Å². The fourth-order valence-corrected chi connectivity index (χ4v) is 2.61. The van der Waals surface area contributed by atoms with E-state index in [9.17, 15) is 4.79 Å². The maximum Gasteiger partial charge on any atom is 0.286 e. The summed E-state index contributed by atoms with van der Waals surface area (Å²) in [6.45, 7) is 0. The molecule has 3 rings (SSSR count). The SMILES string of the molecule is Cn1ncc(Sc2nnc(-c3ccco3)n2N)c(Cl)c1=O. The van der Waals surface area contributed by atoms with Crippen molar-refractivity contribution in [2.24, 2.45) is 7.05 Å². The van der Waals surface area contributed by atoms with Crippen molar-refractivity contribution in [1.29, 1.82) is 0 Å². The van der Waals surface area contributed by atoms with Crippen LogP contribution in [0.1, 0.15) is 0 Å². The summed E-state index contributed by atoms with van der Waals surface area (Å²) < 4.78 is 7.63. The van der Waals surface area contributed by atoms with Crippen LogP contribution < -0.4 is 11.4 Å². The third kappa shape index (κ3) is 2.41. The van der Waals surface area contributed by atoms with Crippen LogP contribution in [0.5, 0.6) is 0 Å². The number of nitrogen functional groups attached to an aromatic ring is 1. The standard InChI is InChI=1S/C11H9ClN6O2S/c1-17-10(19)8(12)7(5-14-17)21-11-16-15-9(18(11)13)6-3-2-4-20-6/h2-5H,13H2,1H3. The Morgan fingerprint density at radius 1 is 1.43 bits per heavy atom. The zero-order valence-electron chi connectivity index (χ0n) is 10.7. The first-order chi connectivity index (χ1) is 10.1. The van der Waals surface area contributed by atoms with E-state index in [0.717, 1.165) is 16.4 Å². The van der Waals surface area contributed by atoms with Gasteiger partial charge >= 0.3 is 0 Å². The highest BCUT2D eigenvalue weighted by Crippen LogP contribution is 2.30. The Balaban J connectivity index is 1.97. The molecule has 0 spiro atoms. The molecule has 0 saturated heterocycles. The van der Waals surface area contributed by atoms with Crippen LogP contribution in [0.25, 0.3) is 11.6 Å². The van der Waals surface area contributed by atoms with Gasteiger partial charge in [0, 0.05) is 7.05 Å². The van der Waals surface area contributed by atoms with Crippen molar-refractivity contribution >= 4 is 23.4 Å². The maximum absolute atomic E-state index is 11.7. The topological polar surface area (TPSA) is 105 Å². The first kappa shape index (κ1) is 13.7. The molecule has 0 radical (unpaired) electrons. The van der Waals surface area contributed by atoms with E-state index in [0.29, 0.717) is 21.6 Å². The Hall–Kier alpha value is -2.26. The number of halogens is 1. The molecule has 0 fully saturated rings. The van der Waals surface area contributed by atoms with E-state index in [1.165, 1.54) is 24.2 Å². The quantitative estimate of drug-likeness (QED) is 0.720. The van der Waals surface area contributed by atoms with Gasteiger partial charge in [-0.15, -0.1) is 10.2 Å². The minimum absolute atomic E-state index is 0.0556. The third-order valence-electron chi connectivity index (χ3n) is 2.65. The lowest BCUT2D eigenvalue weighted by Gasteiger charge is -2.04. The third-order valence-corrected chi connectivity index (χ3v) is 4.12. The summed E-state index contributed by atoms with van der Waals surface area (Å²) in [6.07, 6.45) is 2.98. The molecule has 2 N–H and O–H groups in total. The van der Waals surface area contributed by atoms with E-state index in [1.807, 2.05) is 0 Å². The lowest BCUT2D eigenvalue weighted by Crippen LogP contribution is -2.20. The minimum atomic E-state index is -0.393. The second-order valence-corrected chi connectivity index (χ2v) is 5.39. The normalized spacial score (nSPS) is 11.0. The molecular weight excluding hydrogens is 316 g/mol. The number of hydrogen-bond donors (Lipinski definition) is 1. The van der Waals surface area contributed by atoms with Gasteiger partial charge in [0.25, 0.3) is 5.56 Å². The zero-order valence-corrected chi connectivity index (χ0v) is 12.3. The van der Waals surface area contributed by atoms with Crippen LogP contribution >= 0.6 is 23.4 Å². The molecule has 0 amide bonds. The molecule has 0 aliphatic heterocycles. The lowest BCUT2D eigenvalue weighted by molar-refractivity contribution is 0.574. The number of hydrogen-bond acceptors (Lipinski definition) is 7. The van der Waals surface area contributed by atoms with Crippen molar-refractivity contribution in [3.63, 3.8) is 0 Å². The van der Waals surface area contributed by atoms with E-state index in [-0.39, 0.29) is 5.02 Å². The van der Waals surface area contributed by atoms with Crippen molar-refractivity contribution in [3.8, 4) is 11.6 Å². The molecule has 0 atom stereocenters. The van der Waals surface area contributed by atoms with Crippen LogP contribution in [0.15, 0.2) is 43.9 Å². The van der Waals surface area contributed by atoms with Crippen molar-refractivity contribution < 1.29 is 4.42 Å². The number of aromatic nitrogens is 5. The second kappa shape index (κ2) is 5.26. The first-order valence-electron chi connectivity index (χ1n) is 5.72. The van der Waals surface area contributed by atoms with Gasteiger partial charge in [0.2, 0.25) is 11.0 Å². The first-order valence-corrected chi connectivity index (χ1v) is 6.91. The monoisotopic (exact) mass is 324 g/mol. The second-order valence-electron chi connectivity index (χ2n) is 4.01. The average molecular weight is 325 g/mol. The van der Waals surface area contributed by atoms with E-state index < -0.39 is 5.56 Å². The molecule has 0 aliphatic rings. The van der Waals surface area contributed by atoms with Crippen molar-refractivity contribution in [1.82, 2.24) is 24.7 Å². The molecule has 0 aromatic carbocycles. The zero-order chi connectivity index (χ0) is 15.0. The molecule has 0 unspecified atom stereocenters. The van der Waals surface area contributed by atoms with Crippen LogP contribution in [-0.2, 0) is 7.05 Å². The molecule has 3 aromatic heterocycles. The Bertz CT molecular complexity index is 841. The Labute approximate surface area is 127 Å². The maximum atomic E-state index is 11.7. The summed E-state index contributed by atoms with van der Waals surface area (Å²) >= 11 is 7.09. The average Bonchev–Trinajstić information content (AvgIpc) is 3.10. The number of furan rings is 1. The molecule has 108 valence electrons. The van der Waals surface area contributed by atoms with Crippen LogP contribution in [0.3, 0.4) is 0 Å². The van der Waals surface area contributed by atoms with Crippen LogP contribution in [0, 0.1) is 0 Å². The van der Waals surface area contributed by atoms with Gasteiger partial charge in [-0.3, -0.25) is 4.79 Å². The van der Waals surface area contributed by atoms with Gasteiger partial charge in [-0.05, 0) is 23.9 Å². The highest BCUT2D eigenvalue weighted by Gasteiger charge is 2.17. The van der Waals surface area contributed by atoms with E-state index in [4.69, 9.17) is 21.9 Å². The predicted molar refractivity (Wildman–Crippen MR) is 76.5 cm³/mol. The minimum Gasteiger partial charge on any atom is -0.461 e. The highest BCUT2D eigenvalue weighted by molar-refractivity contribution is 7.99. The molecule has 0 bridgehead atoms. The van der Waals surface area contributed by atoms with E-state index in [2.05, 4.69) is 15.3 Å². The Morgan fingerprint density at radius 3 is 2.95 bits per heavy atom. The molecule has 10 heteroatoms. The Kier molecular flexibility index (Phi) is 3.43. The molecule has 3 aromatic rings. The van der Waals surface area contributed by atoms with E-state index >= 15 is 0 Å². The summed E-state index contributed by atoms with van der Waals surface area (Å²) in [5.41, 5.74) is -0.393. The summed E-state index contributed by atoms with van der Waals surface area (Å²) in [5.74, 6) is 6.79. The number of nitrogens with two attached hydrogens (primary N) is 1.